The Morgan fingerprint density at radius 1 is 0.613 bits per heavy atom. The molecule has 0 radical (unpaired) electrons. The normalized spacial score (nSPS) is 11.0. The smallest absolute Gasteiger partial charge is 0.339 e. The summed E-state index contributed by atoms with van der Waals surface area (Å²) in [6, 6.07) is 0. The van der Waals surface area contributed by atoms with Crippen molar-refractivity contribution in [3.8, 4) is 0 Å². The fourth-order valence-electron chi connectivity index (χ4n) is 2.44. The van der Waals surface area contributed by atoms with Gasteiger partial charge in [-0.25, -0.2) is 9.59 Å². The molecule has 0 aliphatic carbocycles. The van der Waals surface area contributed by atoms with Crippen molar-refractivity contribution in [2.24, 2.45) is 0 Å². The summed E-state index contributed by atoms with van der Waals surface area (Å²) in [6.45, 7) is 7.38. The van der Waals surface area contributed by atoms with Crippen molar-refractivity contribution < 1.29 is 42.9 Å². The van der Waals surface area contributed by atoms with Crippen molar-refractivity contribution in [3.05, 3.63) is 0 Å². The van der Waals surface area contributed by atoms with Crippen molar-refractivity contribution in [1.82, 2.24) is 0 Å². The molecule has 0 saturated heterocycles. The number of hydrogen-bond acceptors (Lipinski definition) is 9. The molecule has 0 atom stereocenters. The molecule has 9 nitrogen and oxygen atoms in total. The Bertz CT molecular complexity index is 521. The molecular formula is C22H38O9. The standard InChI is InChI=1S/C22H38O9/c1-5-9-12-28-18(23)15-22(21(26)30-14-11-7-3,31-17-20(25)27-8-4)16-19(24)29-13-10-6-2/h5-17H2,1-4H3. The molecule has 0 N–H and O–H groups in total. The van der Waals surface area contributed by atoms with E-state index >= 15 is 0 Å². The molecule has 0 heterocycles. The van der Waals surface area contributed by atoms with Crippen LogP contribution in [-0.2, 0) is 42.9 Å². The van der Waals surface area contributed by atoms with Crippen molar-refractivity contribution >= 4 is 23.9 Å². The summed E-state index contributed by atoms with van der Waals surface area (Å²) in [4.78, 5) is 49.6. The minimum atomic E-state index is -2.03. The second-order valence-corrected chi connectivity index (χ2v) is 7.08. The van der Waals surface area contributed by atoms with Crippen LogP contribution in [0.15, 0.2) is 0 Å². The number of carbonyl (C=O) groups excluding carboxylic acids is 4. The van der Waals surface area contributed by atoms with Gasteiger partial charge in [0.2, 0.25) is 0 Å². The van der Waals surface area contributed by atoms with Gasteiger partial charge in [-0.2, -0.15) is 0 Å². The lowest BCUT2D eigenvalue weighted by Crippen LogP contribution is -2.48. The van der Waals surface area contributed by atoms with Crippen LogP contribution in [0.1, 0.15) is 79.1 Å². The number of rotatable bonds is 18. The van der Waals surface area contributed by atoms with Gasteiger partial charge < -0.3 is 23.7 Å². The fourth-order valence-corrected chi connectivity index (χ4v) is 2.44. The van der Waals surface area contributed by atoms with Crippen molar-refractivity contribution in [2.45, 2.75) is 84.7 Å². The van der Waals surface area contributed by atoms with E-state index in [-0.39, 0.29) is 26.4 Å². The first-order chi connectivity index (χ1) is 14.8. The highest BCUT2D eigenvalue weighted by atomic mass is 16.6. The van der Waals surface area contributed by atoms with Gasteiger partial charge in [0.25, 0.3) is 0 Å². The minimum absolute atomic E-state index is 0.0929. The Balaban J connectivity index is 5.58. The number of hydrogen-bond donors (Lipinski definition) is 0. The summed E-state index contributed by atoms with van der Waals surface area (Å²) in [5.41, 5.74) is -2.03. The van der Waals surface area contributed by atoms with E-state index in [2.05, 4.69) is 0 Å². The molecule has 0 saturated carbocycles. The van der Waals surface area contributed by atoms with Crippen LogP contribution in [0.4, 0.5) is 0 Å². The molecule has 0 aliphatic heterocycles. The third-order valence-electron chi connectivity index (χ3n) is 4.26. The van der Waals surface area contributed by atoms with Gasteiger partial charge in [-0.3, -0.25) is 9.59 Å². The Hall–Kier alpha value is -2.16. The highest BCUT2D eigenvalue weighted by molar-refractivity contribution is 5.90. The Kier molecular flexibility index (Phi) is 16.3. The monoisotopic (exact) mass is 446 g/mol. The Labute approximate surface area is 185 Å². The molecule has 180 valence electrons. The van der Waals surface area contributed by atoms with Gasteiger partial charge in [0.15, 0.2) is 5.60 Å². The SMILES string of the molecule is CCCCOC(=O)CC(CC(=O)OCCCC)(OCC(=O)OCC)C(=O)OCCCC. The highest BCUT2D eigenvalue weighted by Crippen LogP contribution is 2.26. The largest absolute Gasteiger partial charge is 0.466 e. The summed E-state index contributed by atoms with van der Waals surface area (Å²) < 4.78 is 25.9. The van der Waals surface area contributed by atoms with Crippen molar-refractivity contribution in [1.29, 1.82) is 0 Å². The van der Waals surface area contributed by atoms with E-state index in [4.69, 9.17) is 23.7 Å². The van der Waals surface area contributed by atoms with E-state index in [1.807, 2.05) is 20.8 Å². The molecule has 9 heteroatoms. The van der Waals surface area contributed by atoms with Crippen LogP contribution in [-0.4, -0.2) is 62.5 Å². The minimum Gasteiger partial charge on any atom is -0.466 e. The van der Waals surface area contributed by atoms with E-state index < -0.39 is 48.9 Å². The molecule has 0 aromatic rings. The number of unbranched alkanes of at least 4 members (excludes halogenated alkanes) is 3. The van der Waals surface area contributed by atoms with Crippen LogP contribution in [0.3, 0.4) is 0 Å². The second kappa shape index (κ2) is 17.5. The third-order valence-corrected chi connectivity index (χ3v) is 4.26. The van der Waals surface area contributed by atoms with Crippen LogP contribution < -0.4 is 0 Å². The lowest BCUT2D eigenvalue weighted by atomic mass is 9.95. The van der Waals surface area contributed by atoms with Gasteiger partial charge in [-0.1, -0.05) is 40.0 Å². The van der Waals surface area contributed by atoms with Crippen LogP contribution in [0, 0.1) is 0 Å². The van der Waals surface area contributed by atoms with E-state index in [1.165, 1.54) is 0 Å². The number of ether oxygens (including phenoxy) is 5. The summed E-state index contributed by atoms with van der Waals surface area (Å²) in [7, 11) is 0. The molecular weight excluding hydrogens is 408 g/mol. The zero-order chi connectivity index (χ0) is 23.5. The van der Waals surface area contributed by atoms with Crippen LogP contribution >= 0.6 is 0 Å². The van der Waals surface area contributed by atoms with Gasteiger partial charge in [-0.05, 0) is 26.2 Å². The average molecular weight is 447 g/mol. The molecule has 0 spiro atoms. The second-order valence-electron chi connectivity index (χ2n) is 7.08. The molecule has 0 fully saturated rings. The van der Waals surface area contributed by atoms with Gasteiger partial charge in [0, 0.05) is 0 Å². The topological polar surface area (TPSA) is 114 Å². The van der Waals surface area contributed by atoms with Gasteiger partial charge in [0.05, 0.1) is 39.3 Å². The quantitative estimate of drug-likeness (QED) is 0.178. The third kappa shape index (κ3) is 13.0. The van der Waals surface area contributed by atoms with Gasteiger partial charge >= 0.3 is 23.9 Å². The molecule has 0 aliphatic rings. The molecule has 0 aromatic heterocycles. The summed E-state index contributed by atoms with van der Waals surface area (Å²) in [6.07, 6.45) is 3.17. The maximum atomic E-state index is 12.9. The molecule has 31 heavy (non-hydrogen) atoms. The fraction of sp³-hybridized carbons (Fsp3) is 0.818. The summed E-state index contributed by atoms with van der Waals surface area (Å²) in [5.74, 6) is -3.10. The summed E-state index contributed by atoms with van der Waals surface area (Å²) in [5, 5.41) is 0. The first kappa shape index (κ1) is 28.8. The van der Waals surface area contributed by atoms with Crippen LogP contribution in [0.2, 0.25) is 0 Å². The number of esters is 4. The van der Waals surface area contributed by atoms with Crippen LogP contribution in [0.5, 0.6) is 0 Å². The first-order valence-electron chi connectivity index (χ1n) is 11.1. The lowest BCUT2D eigenvalue weighted by molar-refractivity contribution is -0.190. The molecule has 0 unspecified atom stereocenters. The zero-order valence-electron chi connectivity index (χ0n) is 19.4. The van der Waals surface area contributed by atoms with E-state index in [1.54, 1.807) is 6.92 Å². The molecule has 0 amide bonds. The molecule has 0 aromatic carbocycles. The van der Waals surface area contributed by atoms with E-state index in [9.17, 15) is 19.2 Å². The summed E-state index contributed by atoms with van der Waals surface area (Å²) >= 11 is 0. The predicted octanol–water partition coefficient (Wildman–Crippen LogP) is 3.12. The van der Waals surface area contributed by atoms with E-state index in [0.717, 1.165) is 19.3 Å². The lowest BCUT2D eigenvalue weighted by Gasteiger charge is -2.29. The van der Waals surface area contributed by atoms with Crippen molar-refractivity contribution in [3.63, 3.8) is 0 Å². The molecule has 0 rings (SSSR count). The Morgan fingerprint density at radius 2 is 1.06 bits per heavy atom. The predicted molar refractivity (Wildman–Crippen MR) is 112 cm³/mol. The Morgan fingerprint density at radius 3 is 1.48 bits per heavy atom. The van der Waals surface area contributed by atoms with E-state index in [0.29, 0.717) is 19.3 Å². The maximum Gasteiger partial charge on any atom is 0.339 e. The number of carbonyl (C=O) groups is 4. The van der Waals surface area contributed by atoms with Crippen LogP contribution in [0.25, 0.3) is 0 Å². The first-order valence-corrected chi connectivity index (χ1v) is 11.1. The maximum absolute atomic E-state index is 12.9. The average Bonchev–Trinajstić information content (AvgIpc) is 2.72. The van der Waals surface area contributed by atoms with Gasteiger partial charge in [0.1, 0.15) is 6.61 Å². The van der Waals surface area contributed by atoms with Crippen molar-refractivity contribution in [2.75, 3.05) is 33.0 Å². The zero-order valence-corrected chi connectivity index (χ0v) is 19.4. The highest BCUT2D eigenvalue weighted by Gasteiger charge is 2.47. The molecule has 0 bridgehead atoms. The van der Waals surface area contributed by atoms with Gasteiger partial charge in [-0.15, -0.1) is 0 Å².